The smallest absolute Gasteiger partial charge is 0.123 e. The Labute approximate surface area is 95.6 Å². The van der Waals surface area contributed by atoms with E-state index in [1.165, 1.54) is 25.0 Å². The number of hydrogen-bond donors (Lipinski definition) is 1. The van der Waals surface area contributed by atoms with Crippen molar-refractivity contribution in [1.82, 2.24) is 0 Å². The van der Waals surface area contributed by atoms with E-state index in [4.69, 9.17) is 10.5 Å². The molecule has 1 saturated carbocycles. The highest BCUT2D eigenvalue weighted by atomic mass is 19.1. The molecule has 2 atom stereocenters. The maximum Gasteiger partial charge on any atom is 0.123 e. The highest BCUT2D eigenvalue weighted by molar-refractivity contribution is 5.30. The lowest BCUT2D eigenvalue weighted by Gasteiger charge is -2.24. The normalized spacial score (nSPS) is 19.5. The Balaban J connectivity index is 2.21. The zero-order valence-electron chi connectivity index (χ0n) is 9.74. The number of benzene rings is 1. The van der Waals surface area contributed by atoms with Crippen LogP contribution >= 0.6 is 0 Å². The summed E-state index contributed by atoms with van der Waals surface area (Å²) >= 11 is 0. The third-order valence-electron chi connectivity index (χ3n) is 3.30. The van der Waals surface area contributed by atoms with Gasteiger partial charge in [0.1, 0.15) is 5.82 Å². The van der Waals surface area contributed by atoms with Crippen molar-refractivity contribution in [2.24, 2.45) is 11.7 Å². The summed E-state index contributed by atoms with van der Waals surface area (Å²) in [5.74, 6) is 0.360. The molecule has 1 aliphatic rings. The molecule has 0 radical (unpaired) electrons. The molecule has 0 amide bonds. The minimum atomic E-state index is -0.214. The van der Waals surface area contributed by atoms with Crippen LogP contribution in [0.3, 0.4) is 0 Å². The molecule has 1 fully saturated rings. The van der Waals surface area contributed by atoms with Crippen LogP contribution in [0.5, 0.6) is 0 Å². The van der Waals surface area contributed by atoms with E-state index in [1.807, 2.05) is 6.92 Å². The summed E-state index contributed by atoms with van der Waals surface area (Å²) in [6.45, 7) is 1.89. The van der Waals surface area contributed by atoms with E-state index < -0.39 is 0 Å². The Morgan fingerprint density at radius 1 is 1.44 bits per heavy atom. The lowest BCUT2D eigenvalue weighted by Crippen LogP contribution is -2.30. The Kier molecular flexibility index (Phi) is 3.26. The molecule has 0 spiro atoms. The van der Waals surface area contributed by atoms with Crippen LogP contribution in [-0.2, 0) is 4.74 Å². The molecular weight excluding hydrogens is 205 g/mol. The molecule has 0 aromatic heterocycles. The summed E-state index contributed by atoms with van der Waals surface area (Å²) in [5.41, 5.74) is 8.08. The Hall–Kier alpha value is -0.930. The number of nitrogens with two attached hydrogens (primary N) is 1. The van der Waals surface area contributed by atoms with Crippen LogP contribution in [0.25, 0.3) is 0 Å². The number of hydrogen-bond acceptors (Lipinski definition) is 2. The summed E-state index contributed by atoms with van der Waals surface area (Å²) in [6.07, 6.45) is 2.43. The van der Waals surface area contributed by atoms with Gasteiger partial charge in [0.15, 0.2) is 0 Å². The van der Waals surface area contributed by atoms with Gasteiger partial charge in [-0.1, -0.05) is 6.07 Å². The fourth-order valence-electron chi connectivity index (χ4n) is 2.25. The molecular formula is C13H18FNO. The molecule has 2 nitrogen and oxygen atoms in total. The van der Waals surface area contributed by atoms with Gasteiger partial charge in [0, 0.05) is 7.11 Å². The summed E-state index contributed by atoms with van der Waals surface area (Å²) in [4.78, 5) is 0. The quantitative estimate of drug-likeness (QED) is 0.851. The van der Waals surface area contributed by atoms with E-state index in [0.29, 0.717) is 5.92 Å². The van der Waals surface area contributed by atoms with Gasteiger partial charge in [0.05, 0.1) is 12.1 Å². The van der Waals surface area contributed by atoms with Crippen LogP contribution in [0.4, 0.5) is 4.39 Å². The van der Waals surface area contributed by atoms with Gasteiger partial charge < -0.3 is 10.5 Å². The Bertz CT molecular complexity index is 376. The Morgan fingerprint density at radius 3 is 2.62 bits per heavy atom. The monoisotopic (exact) mass is 223 g/mol. The number of ether oxygens (including phenoxy) is 1. The SMILES string of the molecule is COC(C1CC1)C(N)c1ccc(F)cc1C. The number of halogens is 1. The van der Waals surface area contributed by atoms with Crippen molar-refractivity contribution in [3.8, 4) is 0 Å². The minimum absolute atomic E-state index is 0.0594. The Morgan fingerprint density at radius 2 is 2.12 bits per heavy atom. The van der Waals surface area contributed by atoms with Crippen LogP contribution in [0.15, 0.2) is 18.2 Å². The largest absolute Gasteiger partial charge is 0.379 e. The van der Waals surface area contributed by atoms with Crippen molar-refractivity contribution < 1.29 is 9.13 Å². The van der Waals surface area contributed by atoms with Gasteiger partial charge in [0.25, 0.3) is 0 Å². The average molecular weight is 223 g/mol. The summed E-state index contributed by atoms with van der Waals surface area (Å²) in [5, 5.41) is 0. The van der Waals surface area contributed by atoms with Gasteiger partial charge in [-0.2, -0.15) is 0 Å². The molecule has 0 saturated heterocycles. The first kappa shape index (κ1) is 11.6. The molecule has 2 rings (SSSR count). The fraction of sp³-hybridized carbons (Fsp3) is 0.538. The van der Waals surface area contributed by atoms with E-state index in [9.17, 15) is 4.39 Å². The third-order valence-corrected chi connectivity index (χ3v) is 3.30. The molecule has 3 heteroatoms. The highest BCUT2D eigenvalue weighted by Gasteiger charge is 2.36. The summed E-state index contributed by atoms with van der Waals surface area (Å²) in [7, 11) is 1.70. The van der Waals surface area contributed by atoms with Gasteiger partial charge >= 0.3 is 0 Å². The molecule has 0 bridgehead atoms. The lowest BCUT2D eigenvalue weighted by molar-refractivity contribution is 0.0622. The van der Waals surface area contributed by atoms with Gasteiger partial charge in [-0.15, -0.1) is 0 Å². The van der Waals surface area contributed by atoms with Crippen molar-refractivity contribution in [3.63, 3.8) is 0 Å². The number of aryl methyl sites for hydroxylation is 1. The van der Waals surface area contributed by atoms with Gasteiger partial charge in [-0.25, -0.2) is 4.39 Å². The summed E-state index contributed by atoms with van der Waals surface area (Å²) in [6, 6.07) is 4.60. The first-order valence-electron chi connectivity index (χ1n) is 5.68. The number of rotatable bonds is 4. The number of methoxy groups -OCH3 is 1. The van der Waals surface area contributed by atoms with E-state index in [-0.39, 0.29) is 18.0 Å². The van der Waals surface area contributed by atoms with Crippen LogP contribution in [0, 0.1) is 18.7 Å². The van der Waals surface area contributed by atoms with E-state index in [2.05, 4.69) is 0 Å². The zero-order chi connectivity index (χ0) is 11.7. The molecule has 2 N–H and O–H groups in total. The molecule has 88 valence electrons. The molecule has 1 aromatic rings. The van der Waals surface area contributed by atoms with Crippen molar-refractivity contribution >= 4 is 0 Å². The van der Waals surface area contributed by atoms with Crippen LogP contribution in [-0.4, -0.2) is 13.2 Å². The van der Waals surface area contributed by atoms with Crippen molar-refractivity contribution in [2.75, 3.05) is 7.11 Å². The molecule has 0 heterocycles. The molecule has 2 unspecified atom stereocenters. The molecule has 1 aromatic carbocycles. The lowest BCUT2D eigenvalue weighted by atomic mass is 9.95. The minimum Gasteiger partial charge on any atom is -0.379 e. The topological polar surface area (TPSA) is 35.2 Å². The van der Waals surface area contributed by atoms with Crippen LogP contribution < -0.4 is 5.73 Å². The van der Waals surface area contributed by atoms with E-state index in [0.717, 1.165) is 11.1 Å². The van der Waals surface area contributed by atoms with E-state index >= 15 is 0 Å². The van der Waals surface area contributed by atoms with Crippen molar-refractivity contribution in [1.29, 1.82) is 0 Å². The zero-order valence-corrected chi connectivity index (χ0v) is 9.74. The first-order chi connectivity index (χ1) is 7.63. The van der Waals surface area contributed by atoms with Gasteiger partial charge in [0.2, 0.25) is 0 Å². The maximum absolute atomic E-state index is 13.0. The maximum atomic E-state index is 13.0. The van der Waals surface area contributed by atoms with Gasteiger partial charge in [-0.05, 0) is 48.9 Å². The van der Waals surface area contributed by atoms with Gasteiger partial charge in [-0.3, -0.25) is 0 Å². The predicted octanol–water partition coefficient (Wildman–Crippen LogP) is 2.56. The fourth-order valence-corrected chi connectivity index (χ4v) is 2.25. The second kappa shape index (κ2) is 4.52. The van der Waals surface area contributed by atoms with Crippen LogP contribution in [0.2, 0.25) is 0 Å². The van der Waals surface area contributed by atoms with E-state index in [1.54, 1.807) is 13.2 Å². The summed E-state index contributed by atoms with van der Waals surface area (Å²) < 4.78 is 18.4. The van der Waals surface area contributed by atoms with Crippen molar-refractivity contribution in [3.05, 3.63) is 35.1 Å². The van der Waals surface area contributed by atoms with Crippen molar-refractivity contribution in [2.45, 2.75) is 31.9 Å². The second-order valence-electron chi connectivity index (χ2n) is 4.56. The first-order valence-corrected chi connectivity index (χ1v) is 5.68. The highest BCUT2D eigenvalue weighted by Crippen LogP contribution is 2.39. The predicted molar refractivity (Wildman–Crippen MR) is 61.6 cm³/mol. The van der Waals surface area contributed by atoms with Crippen LogP contribution in [0.1, 0.15) is 30.0 Å². The average Bonchev–Trinajstić information content (AvgIpc) is 3.02. The molecule has 1 aliphatic carbocycles. The standard InChI is InChI=1S/C13H18FNO/c1-8-7-10(14)5-6-11(8)12(15)13(16-2)9-3-4-9/h5-7,9,12-13H,3-4,15H2,1-2H3. The third kappa shape index (κ3) is 2.25. The molecule has 16 heavy (non-hydrogen) atoms. The second-order valence-corrected chi connectivity index (χ2v) is 4.56. The molecule has 0 aliphatic heterocycles.